The van der Waals surface area contributed by atoms with Gasteiger partial charge in [0.2, 0.25) is 0 Å². The highest BCUT2D eigenvalue weighted by Gasteiger charge is 2.56. The first kappa shape index (κ1) is 33.6. The summed E-state index contributed by atoms with van der Waals surface area (Å²) < 4.78 is 49.4. The van der Waals surface area contributed by atoms with E-state index in [1.54, 1.807) is 41.3 Å². The van der Waals surface area contributed by atoms with Crippen molar-refractivity contribution in [3.05, 3.63) is 143 Å². The van der Waals surface area contributed by atoms with Crippen LogP contribution < -0.4 is 52.6 Å². The molecule has 0 atom stereocenters. The van der Waals surface area contributed by atoms with Crippen LogP contribution >= 0.6 is 21.4 Å². The topological polar surface area (TPSA) is 197 Å². The monoisotopic (exact) mass is 761 g/mol. The fourth-order valence-electron chi connectivity index (χ4n) is 7.93. The molecule has 3 heterocycles. The summed E-state index contributed by atoms with van der Waals surface area (Å²) in [5, 5.41) is 61.9. The number of benzene rings is 6. The zero-order valence-corrected chi connectivity index (χ0v) is 30.8. The fourth-order valence-corrected chi connectivity index (χ4v) is 17.4. The predicted octanol–water partition coefficient (Wildman–Crippen LogP) is 4.24. The standard InChI is InChI=1S/C42H18N7O3P3/c43-19-25-1-7-31(8-2-25)53(50)34-13-28(22-46)15-36-40(34)49-41-35(53)14-29(23-47)16-37(41)55(52,33-11-5-27(21-45)6-12-33)39-18-30(24-48)17-38(42(39)49)54(36,51)32-9-3-26(20-44)4-10-32/h1-18H. The fraction of sp³-hybridized carbons (Fsp3) is 0. The van der Waals surface area contributed by atoms with E-state index in [9.17, 15) is 31.6 Å². The van der Waals surface area contributed by atoms with Gasteiger partial charge >= 0.3 is 0 Å². The second kappa shape index (κ2) is 11.6. The zero-order chi connectivity index (χ0) is 38.4. The second-order valence-corrected chi connectivity index (χ2v) is 21.2. The Morgan fingerprint density at radius 3 is 0.709 bits per heavy atom. The van der Waals surface area contributed by atoms with E-state index in [-0.39, 0.29) is 81.5 Å². The Hall–Kier alpha value is -7.25. The lowest BCUT2D eigenvalue weighted by Gasteiger charge is -2.49. The molecular weight excluding hydrogens is 743 g/mol. The molecule has 0 N–H and O–H groups in total. The summed E-state index contributed by atoms with van der Waals surface area (Å²) in [6.07, 6.45) is 0. The molecule has 13 heteroatoms. The summed E-state index contributed by atoms with van der Waals surface area (Å²) in [6, 6.07) is 40.0. The average Bonchev–Trinajstić information content (AvgIpc) is 3.24. The Balaban J connectivity index is 1.55. The number of nitrogens with zero attached hydrogens (tertiary/aromatic N) is 7. The van der Waals surface area contributed by atoms with Crippen LogP contribution in [0.1, 0.15) is 33.4 Å². The first-order valence-corrected chi connectivity index (χ1v) is 21.6. The third-order valence-corrected chi connectivity index (χ3v) is 19.6. The molecule has 10 nitrogen and oxygen atoms in total. The molecule has 0 aromatic heterocycles. The van der Waals surface area contributed by atoms with Crippen LogP contribution in [-0.4, -0.2) is 0 Å². The molecule has 6 aromatic rings. The molecule has 9 rings (SSSR count). The minimum Gasteiger partial charge on any atom is -0.308 e. The van der Waals surface area contributed by atoms with E-state index in [2.05, 4.69) is 36.4 Å². The number of hydrogen-bond acceptors (Lipinski definition) is 10. The molecule has 0 saturated heterocycles. The molecule has 0 saturated carbocycles. The lowest BCUT2D eigenvalue weighted by atomic mass is 10.1. The summed E-state index contributed by atoms with van der Waals surface area (Å²) in [5.74, 6) is 0. The van der Waals surface area contributed by atoms with E-state index >= 15 is 13.7 Å². The van der Waals surface area contributed by atoms with Crippen LogP contribution in [0.25, 0.3) is 0 Å². The summed E-state index contributed by atoms with van der Waals surface area (Å²) >= 11 is 0. The van der Waals surface area contributed by atoms with Crippen molar-refractivity contribution in [1.29, 1.82) is 31.6 Å². The highest BCUT2D eigenvalue weighted by atomic mass is 31.2. The molecule has 0 spiro atoms. The number of anilines is 3. The Labute approximate surface area is 314 Å². The Morgan fingerprint density at radius 2 is 0.527 bits per heavy atom. The first-order chi connectivity index (χ1) is 26.6. The molecule has 0 amide bonds. The molecule has 254 valence electrons. The minimum atomic E-state index is -4.18. The van der Waals surface area contributed by atoms with E-state index in [0.29, 0.717) is 16.7 Å². The van der Waals surface area contributed by atoms with E-state index in [4.69, 9.17) is 0 Å². The van der Waals surface area contributed by atoms with E-state index in [1.807, 2.05) is 0 Å². The maximum absolute atomic E-state index is 16.5. The van der Waals surface area contributed by atoms with Crippen LogP contribution in [-0.2, 0) is 13.7 Å². The molecule has 3 aliphatic heterocycles. The molecule has 0 bridgehead atoms. The Bertz CT molecular complexity index is 2770. The van der Waals surface area contributed by atoms with E-state index < -0.39 is 21.4 Å². The number of nitriles is 6. The van der Waals surface area contributed by atoms with Gasteiger partial charge in [0, 0.05) is 47.7 Å². The van der Waals surface area contributed by atoms with Gasteiger partial charge in [-0.05, 0) is 109 Å². The first-order valence-electron chi connectivity index (χ1n) is 16.5. The van der Waals surface area contributed by atoms with Crippen LogP contribution in [0.5, 0.6) is 0 Å². The van der Waals surface area contributed by atoms with Crippen molar-refractivity contribution in [1.82, 2.24) is 0 Å². The van der Waals surface area contributed by atoms with Gasteiger partial charge in [-0.2, -0.15) is 31.6 Å². The number of rotatable bonds is 3. The Morgan fingerprint density at radius 1 is 0.327 bits per heavy atom. The second-order valence-electron chi connectivity index (χ2n) is 13.1. The third-order valence-electron chi connectivity index (χ3n) is 10.4. The maximum atomic E-state index is 16.5. The average molecular weight is 762 g/mol. The molecule has 0 radical (unpaired) electrons. The molecule has 0 aliphatic carbocycles. The highest BCUT2D eigenvalue weighted by Crippen LogP contribution is 2.65. The van der Waals surface area contributed by atoms with Crippen LogP contribution in [0.2, 0.25) is 0 Å². The van der Waals surface area contributed by atoms with Crippen LogP contribution in [0, 0.1) is 68.0 Å². The van der Waals surface area contributed by atoms with E-state index in [1.165, 1.54) is 72.8 Å². The molecule has 0 fully saturated rings. The molecule has 6 aromatic carbocycles. The lowest BCUT2D eigenvalue weighted by Crippen LogP contribution is -2.53. The summed E-state index contributed by atoms with van der Waals surface area (Å²) in [4.78, 5) is 1.77. The summed E-state index contributed by atoms with van der Waals surface area (Å²) in [5.41, 5.74) is 1.82. The Kier molecular flexibility index (Phi) is 7.10. The summed E-state index contributed by atoms with van der Waals surface area (Å²) in [6.45, 7) is 0. The van der Waals surface area contributed by atoms with Crippen LogP contribution in [0.15, 0.2) is 109 Å². The van der Waals surface area contributed by atoms with Crippen LogP contribution in [0.3, 0.4) is 0 Å². The van der Waals surface area contributed by atoms with Crippen molar-refractivity contribution < 1.29 is 13.7 Å². The minimum absolute atomic E-state index is 0.0528. The van der Waals surface area contributed by atoms with E-state index in [0.717, 1.165) is 0 Å². The van der Waals surface area contributed by atoms with Crippen LogP contribution in [0.4, 0.5) is 17.1 Å². The van der Waals surface area contributed by atoms with Gasteiger partial charge in [-0.15, -0.1) is 0 Å². The largest absolute Gasteiger partial charge is 0.308 e. The van der Waals surface area contributed by atoms with Gasteiger partial charge in [0.15, 0.2) is 21.4 Å². The highest BCUT2D eigenvalue weighted by molar-refractivity contribution is 7.89. The van der Waals surface area contributed by atoms with Crippen molar-refractivity contribution in [2.24, 2.45) is 0 Å². The van der Waals surface area contributed by atoms with Crippen molar-refractivity contribution in [3.8, 4) is 36.4 Å². The molecule has 0 unspecified atom stereocenters. The van der Waals surface area contributed by atoms with Gasteiger partial charge in [-0.25, -0.2) is 0 Å². The molecular formula is C42H18N7O3P3. The zero-order valence-electron chi connectivity index (χ0n) is 28.1. The SMILES string of the molecule is N#Cc1ccc(P2(=O)c3cc(C#N)cc4c3N3c5c2cc(C#N)cc5P(=O)(c2ccc(C#N)cc2)c2cc(C#N)cc(c23)P4(=O)c2ccc(C#N)cc2)cc1. The van der Waals surface area contributed by atoms with Gasteiger partial charge in [0.25, 0.3) is 0 Å². The van der Waals surface area contributed by atoms with Gasteiger partial charge in [-0.1, -0.05) is 0 Å². The van der Waals surface area contributed by atoms with Gasteiger partial charge in [-0.3, -0.25) is 0 Å². The quantitative estimate of drug-likeness (QED) is 0.235. The van der Waals surface area contributed by atoms with Crippen molar-refractivity contribution in [3.63, 3.8) is 0 Å². The number of hydrogen-bond donors (Lipinski definition) is 0. The smallest absolute Gasteiger partial charge is 0.175 e. The molecule has 55 heavy (non-hydrogen) atoms. The van der Waals surface area contributed by atoms with Gasteiger partial charge < -0.3 is 18.6 Å². The lowest BCUT2D eigenvalue weighted by molar-refractivity contribution is 0.592. The van der Waals surface area contributed by atoms with Gasteiger partial charge in [0.05, 0.1) is 86.9 Å². The summed E-state index contributed by atoms with van der Waals surface area (Å²) in [7, 11) is -12.5. The van der Waals surface area contributed by atoms with Crippen molar-refractivity contribution in [2.75, 3.05) is 4.90 Å². The van der Waals surface area contributed by atoms with Gasteiger partial charge in [0.1, 0.15) is 0 Å². The maximum Gasteiger partial charge on any atom is 0.175 e. The third kappa shape index (κ3) is 4.23. The molecule has 3 aliphatic rings. The van der Waals surface area contributed by atoms with Crippen molar-refractivity contribution >= 4 is 86.2 Å². The normalized spacial score (nSPS) is 20.3. The van der Waals surface area contributed by atoms with Crippen molar-refractivity contribution in [2.45, 2.75) is 0 Å². The predicted molar refractivity (Wildman–Crippen MR) is 208 cm³/mol.